The van der Waals surface area contributed by atoms with Crippen molar-refractivity contribution in [2.75, 3.05) is 7.11 Å². The lowest BCUT2D eigenvalue weighted by Gasteiger charge is -2.15. The Morgan fingerprint density at radius 1 is 1.33 bits per heavy atom. The van der Waals surface area contributed by atoms with E-state index in [0.29, 0.717) is 0 Å². The number of methoxy groups -OCH3 is 1. The highest BCUT2D eigenvalue weighted by atomic mass is 35.5. The largest absolute Gasteiger partial charge is 0.494 e. The van der Waals surface area contributed by atoms with Crippen LogP contribution in [0.4, 0.5) is 8.78 Å². The van der Waals surface area contributed by atoms with Crippen molar-refractivity contribution in [3.63, 3.8) is 0 Å². The highest BCUT2D eigenvalue weighted by molar-refractivity contribution is 6.44. The molecule has 1 aromatic rings. The molecule has 0 fully saturated rings. The first-order chi connectivity index (χ1) is 6.99. The van der Waals surface area contributed by atoms with Gasteiger partial charge in [-0.1, -0.05) is 0 Å². The van der Waals surface area contributed by atoms with Gasteiger partial charge in [-0.25, -0.2) is 8.78 Å². The summed E-state index contributed by atoms with van der Waals surface area (Å²) >= 11 is 10.7. The molecule has 0 aliphatic carbocycles. The third-order valence-corrected chi connectivity index (χ3v) is 2.32. The molecule has 0 bridgehead atoms. The average Bonchev–Trinajstić information content (AvgIpc) is 2.17. The van der Waals surface area contributed by atoms with Crippen molar-refractivity contribution in [2.45, 2.75) is 10.9 Å². The fraction of sp³-hybridized carbons (Fsp3) is 0.333. The predicted octanol–water partition coefficient (Wildman–Crippen LogP) is 2.81. The minimum absolute atomic E-state index is 0.181. The monoisotopic (exact) mass is 256 g/mol. The Labute approximate surface area is 95.4 Å². The Bertz CT molecular complexity index is 358. The van der Waals surface area contributed by atoms with Crippen LogP contribution in [-0.2, 0) is 0 Å². The highest BCUT2D eigenvalue weighted by Gasteiger charge is 2.25. The van der Waals surface area contributed by atoms with Gasteiger partial charge in [-0.2, -0.15) is 0 Å². The molecule has 0 aromatic heterocycles. The third kappa shape index (κ3) is 2.51. The summed E-state index contributed by atoms with van der Waals surface area (Å²) in [5, 5.41) is 9.38. The van der Waals surface area contributed by atoms with Crippen LogP contribution in [0.3, 0.4) is 0 Å². The molecule has 0 saturated heterocycles. The molecule has 1 aromatic carbocycles. The van der Waals surface area contributed by atoms with E-state index in [1.807, 2.05) is 0 Å². The van der Waals surface area contributed by atoms with Crippen molar-refractivity contribution >= 4 is 23.2 Å². The molecule has 1 rings (SSSR count). The second-order valence-electron chi connectivity index (χ2n) is 2.76. The molecule has 84 valence electrons. The van der Waals surface area contributed by atoms with Crippen molar-refractivity contribution in [2.24, 2.45) is 0 Å². The predicted molar refractivity (Wildman–Crippen MR) is 53.4 cm³/mol. The van der Waals surface area contributed by atoms with Gasteiger partial charge in [-0.3, -0.25) is 0 Å². The Hall–Kier alpha value is -0.580. The van der Waals surface area contributed by atoms with Gasteiger partial charge < -0.3 is 9.84 Å². The minimum Gasteiger partial charge on any atom is -0.494 e. The lowest BCUT2D eigenvalue weighted by atomic mass is 10.1. The number of halogens is 4. The summed E-state index contributed by atoms with van der Waals surface area (Å²) in [5.74, 6) is -2.11. The molecule has 1 atom stereocenters. The molecule has 0 saturated carbocycles. The van der Waals surface area contributed by atoms with Crippen LogP contribution in [0.15, 0.2) is 12.1 Å². The SMILES string of the molecule is COc1ccc(F)c(C(O)C(Cl)Cl)c1F. The van der Waals surface area contributed by atoms with Gasteiger partial charge in [0.1, 0.15) is 16.8 Å². The zero-order valence-corrected chi connectivity index (χ0v) is 9.19. The first kappa shape index (κ1) is 12.5. The van der Waals surface area contributed by atoms with Gasteiger partial charge in [0.05, 0.1) is 12.7 Å². The van der Waals surface area contributed by atoms with Gasteiger partial charge >= 0.3 is 0 Å². The number of hydrogen-bond acceptors (Lipinski definition) is 2. The molecule has 0 heterocycles. The Balaban J connectivity index is 3.26. The quantitative estimate of drug-likeness (QED) is 0.843. The fourth-order valence-electron chi connectivity index (χ4n) is 1.10. The fourth-order valence-corrected chi connectivity index (χ4v) is 1.36. The van der Waals surface area contributed by atoms with Gasteiger partial charge in [0, 0.05) is 0 Å². The topological polar surface area (TPSA) is 29.5 Å². The molecule has 0 aliphatic heterocycles. The zero-order chi connectivity index (χ0) is 11.6. The zero-order valence-electron chi connectivity index (χ0n) is 7.68. The molecule has 15 heavy (non-hydrogen) atoms. The first-order valence-corrected chi connectivity index (χ1v) is 4.84. The van der Waals surface area contributed by atoms with Crippen LogP contribution in [0.5, 0.6) is 5.75 Å². The van der Waals surface area contributed by atoms with Crippen molar-refractivity contribution in [1.29, 1.82) is 0 Å². The lowest BCUT2D eigenvalue weighted by molar-refractivity contribution is 0.181. The second-order valence-corrected chi connectivity index (χ2v) is 3.92. The summed E-state index contributed by atoms with van der Waals surface area (Å²) in [6, 6.07) is 2.08. The number of benzene rings is 1. The summed E-state index contributed by atoms with van der Waals surface area (Å²) in [6.07, 6.45) is -1.64. The summed E-state index contributed by atoms with van der Waals surface area (Å²) < 4.78 is 31.3. The maximum absolute atomic E-state index is 13.5. The molecule has 2 nitrogen and oxygen atoms in total. The van der Waals surface area contributed by atoms with Crippen LogP contribution >= 0.6 is 23.2 Å². The number of hydrogen-bond donors (Lipinski definition) is 1. The molecule has 1 N–H and O–H groups in total. The third-order valence-electron chi connectivity index (χ3n) is 1.85. The van der Waals surface area contributed by atoms with Gasteiger partial charge in [-0.15, -0.1) is 23.2 Å². The Morgan fingerprint density at radius 2 is 1.93 bits per heavy atom. The van der Waals surface area contributed by atoms with E-state index < -0.39 is 28.1 Å². The number of aliphatic hydroxyl groups excluding tert-OH is 1. The van der Waals surface area contributed by atoms with Crippen LogP contribution in [0.2, 0.25) is 0 Å². The Morgan fingerprint density at radius 3 is 2.40 bits per heavy atom. The number of rotatable bonds is 3. The van der Waals surface area contributed by atoms with Crippen molar-refractivity contribution in [3.8, 4) is 5.75 Å². The Kier molecular flexibility index (Phi) is 4.13. The van der Waals surface area contributed by atoms with Gasteiger partial charge in [-0.05, 0) is 12.1 Å². The molecule has 0 aliphatic rings. The highest BCUT2D eigenvalue weighted by Crippen LogP contribution is 2.32. The standard InChI is InChI=1S/C9H8Cl2F2O2/c1-15-5-3-2-4(12)6(7(5)13)8(14)9(10)11/h2-3,8-9,14H,1H3. The van der Waals surface area contributed by atoms with E-state index in [9.17, 15) is 13.9 Å². The number of aliphatic hydroxyl groups is 1. The van der Waals surface area contributed by atoms with E-state index >= 15 is 0 Å². The second kappa shape index (κ2) is 4.96. The van der Waals surface area contributed by atoms with E-state index in [-0.39, 0.29) is 5.75 Å². The first-order valence-electron chi connectivity index (χ1n) is 3.97. The number of alkyl halides is 2. The van der Waals surface area contributed by atoms with E-state index in [2.05, 4.69) is 4.74 Å². The average molecular weight is 257 g/mol. The molecule has 0 radical (unpaired) electrons. The molecule has 6 heteroatoms. The molecule has 0 amide bonds. The van der Waals surface area contributed by atoms with Gasteiger partial charge in [0.15, 0.2) is 11.6 Å². The molecular weight excluding hydrogens is 249 g/mol. The van der Waals surface area contributed by atoms with Gasteiger partial charge in [0.25, 0.3) is 0 Å². The number of ether oxygens (including phenoxy) is 1. The smallest absolute Gasteiger partial charge is 0.173 e. The van der Waals surface area contributed by atoms with E-state index in [1.54, 1.807) is 0 Å². The summed E-state index contributed by atoms with van der Waals surface area (Å²) in [6.45, 7) is 0. The molecule has 1 unspecified atom stereocenters. The van der Waals surface area contributed by atoms with Crippen molar-refractivity contribution in [1.82, 2.24) is 0 Å². The molecular formula is C9H8Cl2F2O2. The van der Waals surface area contributed by atoms with Gasteiger partial charge in [0.2, 0.25) is 0 Å². The van der Waals surface area contributed by atoms with Crippen LogP contribution in [0.25, 0.3) is 0 Å². The summed E-state index contributed by atoms with van der Waals surface area (Å²) in [5.41, 5.74) is -0.593. The maximum Gasteiger partial charge on any atom is 0.173 e. The van der Waals surface area contributed by atoms with Crippen LogP contribution in [0.1, 0.15) is 11.7 Å². The molecule has 0 spiro atoms. The minimum atomic E-state index is -1.64. The van der Waals surface area contributed by atoms with Crippen molar-refractivity contribution < 1.29 is 18.6 Å². The van der Waals surface area contributed by atoms with E-state index in [4.69, 9.17) is 23.2 Å². The van der Waals surface area contributed by atoms with E-state index in [1.165, 1.54) is 7.11 Å². The van der Waals surface area contributed by atoms with Crippen LogP contribution in [-0.4, -0.2) is 17.1 Å². The van der Waals surface area contributed by atoms with Crippen LogP contribution < -0.4 is 4.74 Å². The maximum atomic E-state index is 13.5. The van der Waals surface area contributed by atoms with E-state index in [0.717, 1.165) is 12.1 Å². The van der Waals surface area contributed by atoms with Crippen LogP contribution in [0, 0.1) is 11.6 Å². The normalized spacial score (nSPS) is 13.0. The lowest BCUT2D eigenvalue weighted by Crippen LogP contribution is -2.11. The summed E-state index contributed by atoms with van der Waals surface area (Å²) in [7, 11) is 1.23. The summed E-state index contributed by atoms with van der Waals surface area (Å²) in [4.78, 5) is -1.32. The van der Waals surface area contributed by atoms with Crippen molar-refractivity contribution in [3.05, 3.63) is 29.3 Å².